The minimum atomic E-state index is -2.09. The van der Waals surface area contributed by atoms with Gasteiger partial charge in [0.25, 0.3) is 11.3 Å². The van der Waals surface area contributed by atoms with Gasteiger partial charge in [-0.25, -0.2) is 4.21 Å². The molecule has 112 valence electrons. The minimum Gasteiger partial charge on any atom is -0.457 e. The van der Waals surface area contributed by atoms with E-state index < -0.39 is 11.3 Å². The van der Waals surface area contributed by atoms with E-state index in [0.717, 1.165) is 15.8 Å². The van der Waals surface area contributed by atoms with Gasteiger partial charge in [-0.1, -0.05) is 15.9 Å². The van der Waals surface area contributed by atoms with E-state index in [9.17, 15) is 4.21 Å². The fourth-order valence-corrected chi connectivity index (χ4v) is 2.39. The highest BCUT2D eigenvalue weighted by molar-refractivity contribution is 9.10. The SMILES string of the molecule is CNCc1cc(NS(=O)O)ccc1Oc1ccc(Br)cc1. The first-order chi connectivity index (χ1) is 10.1. The van der Waals surface area contributed by atoms with Gasteiger partial charge in [0.1, 0.15) is 11.5 Å². The lowest BCUT2D eigenvalue weighted by atomic mass is 10.1. The van der Waals surface area contributed by atoms with Crippen molar-refractivity contribution in [2.45, 2.75) is 6.54 Å². The lowest BCUT2D eigenvalue weighted by Crippen LogP contribution is -2.08. The summed E-state index contributed by atoms with van der Waals surface area (Å²) in [4.78, 5) is 0. The molecule has 0 aromatic heterocycles. The highest BCUT2D eigenvalue weighted by Crippen LogP contribution is 2.28. The first-order valence-electron chi connectivity index (χ1n) is 6.17. The van der Waals surface area contributed by atoms with Crippen LogP contribution in [0.4, 0.5) is 5.69 Å². The molecule has 7 heteroatoms. The second-order valence-electron chi connectivity index (χ2n) is 4.26. The van der Waals surface area contributed by atoms with Crippen LogP contribution in [0.15, 0.2) is 46.9 Å². The summed E-state index contributed by atoms with van der Waals surface area (Å²) < 4.78 is 28.9. The number of anilines is 1. The smallest absolute Gasteiger partial charge is 0.259 e. The van der Waals surface area contributed by atoms with E-state index in [2.05, 4.69) is 26.0 Å². The monoisotopic (exact) mass is 370 g/mol. The van der Waals surface area contributed by atoms with Gasteiger partial charge in [0.2, 0.25) is 0 Å². The van der Waals surface area contributed by atoms with Crippen molar-refractivity contribution in [3.8, 4) is 11.5 Å². The molecule has 0 radical (unpaired) electrons. The Morgan fingerprint density at radius 1 is 1.24 bits per heavy atom. The Kier molecular flexibility index (Phi) is 5.75. The van der Waals surface area contributed by atoms with Crippen molar-refractivity contribution in [2.75, 3.05) is 11.8 Å². The Hall–Kier alpha value is -1.41. The van der Waals surface area contributed by atoms with Crippen LogP contribution in [0, 0.1) is 0 Å². The summed E-state index contributed by atoms with van der Waals surface area (Å²) in [5.74, 6) is 1.42. The molecule has 1 unspecified atom stereocenters. The number of hydrogen-bond acceptors (Lipinski definition) is 3. The average molecular weight is 371 g/mol. The second kappa shape index (κ2) is 7.56. The third kappa shape index (κ3) is 4.82. The van der Waals surface area contributed by atoms with Gasteiger partial charge in [-0.15, -0.1) is 0 Å². The summed E-state index contributed by atoms with van der Waals surface area (Å²) in [6, 6.07) is 12.8. The molecule has 0 aliphatic carbocycles. The Balaban J connectivity index is 2.24. The van der Waals surface area contributed by atoms with Crippen molar-refractivity contribution in [2.24, 2.45) is 0 Å². The van der Waals surface area contributed by atoms with Gasteiger partial charge < -0.3 is 10.1 Å². The Labute approximate surface area is 134 Å². The number of hydrogen-bond donors (Lipinski definition) is 3. The summed E-state index contributed by atoms with van der Waals surface area (Å²) >= 11 is 1.28. The molecular formula is C14H15BrN2O3S. The fraction of sp³-hybridized carbons (Fsp3) is 0.143. The molecule has 0 heterocycles. The standard InChI is InChI=1S/C14H15BrN2O3S/c1-16-9-10-8-12(17-21(18)19)4-7-14(10)20-13-5-2-11(15)3-6-13/h2-8,16-17H,9H2,1H3,(H,18,19). The van der Waals surface area contributed by atoms with Crippen LogP contribution in [0.25, 0.3) is 0 Å². The maximum atomic E-state index is 10.8. The molecule has 0 saturated carbocycles. The zero-order valence-corrected chi connectivity index (χ0v) is 13.7. The molecule has 0 fully saturated rings. The van der Waals surface area contributed by atoms with Crippen molar-refractivity contribution in [3.63, 3.8) is 0 Å². The predicted octanol–water partition coefficient (Wildman–Crippen LogP) is 3.51. The molecule has 0 spiro atoms. The molecule has 2 aromatic rings. The Morgan fingerprint density at radius 2 is 1.95 bits per heavy atom. The van der Waals surface area contributed by atoms with E-state index in [-0.39, 0.29) is 0 Å². The lowest BCUT2D eigenvalue weighted by Gasteiger charge is -2.13. The molecule has 2 aromatic carbocycles. The van der Waals surface area contributed by atoms with E-state index in [0.29, 0.717) is 18.0 Å². The number of rotatable bonds is 6. The van der Waals surface area contributed by atoms with Crippen LogP contribution in [0.5, 0.6) is 11.5 Å². The third-order valence-electron chi connectivity index (χ3n) is 2.67. The van der Waals surface area contributed by atoms with Gasteiger partial charge in [-0.2, -0.15) is 0 Å². The predicted molar refractivity (Wildman–Crippen MR) is 87.8 cm³/mol. The van der Waals surface area contributed by atoms with Crippen LogP contribution in [-0.4, -0.2) is 15.8 Å². The third-order valence-corrected chi connectivity index (χ3v) is 3.61. The molecule has 0 aliphatic rings. The summed E-state index contributed by atoms with van der Waals surface area (Å²) in [5.41, 5.74) is 1.44. The fourth-order valence-electron chi connectivity index (χ4n) is 1.80. The van der Waals surface area contributed by atoms with Crippen molar-refractivity contribution in [1.29, 1.82) is 0 Å². The summed E-state index contributed by atoms with van der Waals surface area (Å²) in [5, 5.41) is 3.05. The number of benzene rings is 2. The van der Waals surface area contributed by atoms with Crippen molar-refractivity contribution in [1.82, 2.24) is 5.32 Å². The molecule has 0 aliphatic heterocycles. The maximum Gasteiger partial charge on any atom is 0.259 e. The van der Waals surface area contributed by atoms with E-state index in [4.69, 9.17) is 9.29 Å². The highest BCUT2D eigenvalue weighted by Gasteiger charge is 2.07. The van der Waals surface area contributed by atoms with Crippen LogP contribution in [0.2, 0.25) is 0 Å². The van der Waals surface area contributed by atoms with E-state index in [1.165, 1.54) is 0 Å². The van der Waals surface area contributed by atoms with Gasteiger partial charge in [0, 0.05) is 22.3 Å². The van der Waals surface area contributed by atoms with Gasteiger partial charge in [0.05, 0.1) is 0 Å². The van der Waals surface area contributed by atoms with Crippen molar-refractivity contribution in [3.05, 3.63) is 52.5 Å². The normalized spacial score (nSPS) is 12.0. The zero-order chi connectivity index (χ0) is 15.2. The second-order valence-corrected chi connectivity index (χ2v) is 5.88. The topological polar surface area (TPSA) is 70.6 Å². The highest BCUT2D eigenvalue weighted by atomic mass is 79.9. The first-order valence-corrected chi connectivity index (χ1v) is 8.07. The van der Waals surface area contributed by atoms with Crippen molar-refractivity contribution >= 4 is 32.9 Å². The van der Waals surface area contributed by atoms with E-state index in [1.807, 2.05) is 31.3 Å². The summed E-state index contributed by atoms with van der Waals surface area (Å²) in [7, 11) is 1.83. The van der Waals surface area contributed by atoms with Gasteiger partial charge in [-0.3, -0.25) is 9.27 Å². The zero-order valence-electron chi connectivity index (χ0n) is 11.3. The van der Waals surface area contributed by atoms with Crippen LogP contribution >= 0.6 is 15.9 Å². The average Bonchev–Trinajstić information content (AvgIpc) is 2.44. The Bertz CT molecular complexity index is 635. The quantitative estimate of drug-likeness (QED) is 0.680. The lowest BCUT2D eigenvalue weighted by molar-refractivity contribution is 0.474. The first kappa shape index (κ1) is 16.0. The molecule has 0 bridgehead atoms. The number of halogens is 1. The van der Waals surface area contributed by atoms with Crippen molar-refractivity contribution < 1.29 is 13.5 Å². The van der Waals surface area contributed by atoms with Gasteiger partial charge >= 0.3 is 0 Å². The molecule has 1 atom stereocenters. The molecule has 21 heavy (non-hydrogen) atoms. The number of ether oxygens (including phenoxy) is 1. The molecule has 0 saturated heterocycles. The number of nitrogens with one attached hydrogen (secondary N) is 2. The molecule has 0 amide bonds. The van der Waals surface area contributed by atoms with Crippen LogP contribution in [0.1, 0.15) is 5.56 Å². The van der Waals surface area contributed by atoms with Crippen LogP contribution in [0.3, 0.4) is 0 Å². The molecular weight excluding hydrogens is 356 g/mol. The van der Waals surface area contributed by atoms with Gasteiger partial charge in [-0.05, 0) is 49.5 Å². The largest absolute Gasteiger partial charge is 0.457 e. The van der Waals surface area contributed by atoms with E-state index >= 15 is 0 Å². The molecule has 2 rings (SSSR count). The molecule has 5 nitrogen and oxygen atoms in total. The van der Waals surface area contributed by atoms with Crippen LogP contribution in [-0.2, 0) is 17.8 Å². The summed E-state index contributed by atoms with van der Waals surface area (Å²) in [6.07, 6.45) is 0. The van der Waals surface area contributed by atoms with Gasteiger partial charge in [0.15, 0.2) is 0 Å². The van der Waals surface area contributed by atoms with E-state index in [1.54, 1.807) is 18.2 Å². The molecule has 3 N–H and O–H groups in total. The maximum absolute atomic E-state index is 10.8. The summed E-state index contributed by atoms with van der Waals surface area (Å²) in [6.45, 7) is 0.583. The Morgan fingerprint density at radius 3 is 2.57 bits per heavy atom. The minimum absolute atomic E-state index is 0.559. The van der Waals surface area contributed by atoms with Crippen LogP contribution < -0.4 is 14.8 Å².